The van der Waals surface area contributed by atoms with E-state index >= 15 is 0 Å². The molecule has 1 saturated carbocycles. The quantitative estimate of drug-likeness (QED) is 0.813. The lowest BCUT2D eigenvalue weighted by Gasteiger charge is -2.27. The summed E-state index contributed by atoms with van der Waals surface area (Å²) >= 11 is 0. The van der Waals surface area contributed by atoms with Crippen molar-refractivity contribution in [1.29, 1.82) is 0 Å². The maximum absolute atomic E-state index is 3.55. The highest BCUT2D eigenvalue weighted by Gasteiger charge is 2.23. The minimum absolute atomic E-state index is 0.764. The van der Waals surface area contributed by atoms with Crippen LogP contribution in [0.2, 0.25) is 0 Å². The summed E-state index contributed by atoms with van der Waals surface area (Å²) in [5.74, 6) is 1.62. The van der Waals surface area contributed by atoms with Crippen LogP contribution >= 0.6 is 0 Å². The molecular weight excluding hydrogens is 206 g/mol. The Balaban J connectivity index is 1.86. The van der Waals surface area contributed by atoms with Crippen molar-refractivity contribution >= 4 is 0 Å². The molecule has 1 saturated heterocycles. The monoisotopic (exact) mass is 229 g/mol. The second-order valence-corrected chi connectivity index (χ2v) is 5.65. The van der Waals surface area contributed by atoms with Crippen molar-refractivity contribution in [3.63, 3.8) is 0 Å². The van der Waals surface area contributed by atoms with E-state index in [2.05, 4.69) is 29.6 Å². The average molecular weight is 229 g/mol. The van der Waals surface area contributed by atoms with Crippen LogP contribution in [0.5, 0.6) is 0 Å². The molecule has 2 fully saturated rings. The average Bonchev–Trinajstić information content (AvgIpc) is 2.94. The molecule has 1 atom stereocenters. The van der Waals surface area contributed by atoms with E-state index in [1.165, 1.54) is 51.6 Å². The fourth-order valence-corrected chi connectivity index (χ4v) is 3.61. The van der Waals surface area contributed by atoms with E-state index in [0.717, 1.165) is 11.8 Å². The molecule has 1 aliphatic carbocycles. The van der Waals surface area contributed by atoms with Crippen molar-refractivity contribution in [1.82, 2.24) is 5.32 Å². The van der Waals surface area contributed by atoms with Gasteiger partial charge in [0.05, 0.1) is 0 Å². The molecule has 17 heavy (non-hydrogen) atoms. The molecule has 1 aromatic carbocycles. The van der Waals surface area contributed by atoms with Crippen molar-refractivity contribution in [3.8, 4) is 0 Å². The summed E-state index contributed by atoms with van der Waals surface area (Å²) in [4.78, 5) is 0. The summed E-state index contributed by atoms with van der Waals surface area (Å²) in [5.41, 5.74) is 3.31. The lowest BCUT2D eigenvalue weighted by atomic mass is 9.83. The molecule has 1 aromatic rings. The summed E-state index contributed by atoms with van der Waals surface area (Å²) < 4.78 is 0. The normalized spacial score (nSPS) is 26.2. The van der Waals surface area contributed by atoms with Gasteiger partial charge < -0.3 is 5.32 Å². The highest BCUT2D eigenvalue weighted by Crippen LogP contribution is 2.38. The molecule has 1 aliphatic heterocycles. The molecule has 1 nitrogen and oxygen atoms in total. The number of hydrogen-bond acceptors (Lipinski definition) is 1. The van der Waals surface area contributed by atoms with Gasteiger partial charge in [-0.25, -0.2) is 0 Å². The topological polar surface area (TPSA) is 12.0 Å². The van der Waals surface area contributed by atoms with Gasteiger partial charge in [-0.3, -0.25) is 0 Å². The van der Waals surface area contributed by atoms with Crippen molar-refractivity contribution in [3.05, 3.63) is 35.4 Å². The van der Waals surface area contributed by atoms with E-state index in [-0.39, 0.29) is 0 Å². The first-order valence-electron chi connectivity index (χ1n) is 7.24. The summed E-state index contributed by atoms with van der Waals surface area (Å²) in [6.45, 7) is 2.39. The van der Waals surface area contributed by atoms with Crippen molar-refractivity contribution < 1.29 is 0 Å². The van der Waals surface area contributed by atoms with E-state index in [0.29, 0.717) is 0 Å². The number of hydrogen-bond donors (Lipinski definition) is 1. The Kier molecular flexibility index (Phi) is 3.46. The molecule has 0 bridgehead atoms. The Morgan fingerprint density at radius 3 is 2.12 bits per heavy atom. The van der Waals surface area contributed by atoms with E-state index in [4.69, 9.17) is 0 Å². The minimum atomic E-state index is 0.764. The fraction of sp³-hybridized carbons (Fsp3) is 0.625. The van der Waals surface area contributed by atoms with E-state index in [9.17, 15) is 0 Å². The maximum Gasteiger partial charge on any atom is 0.00202 e. The van der Waals surface area contributed by atoms with Crippen LogP contribution in [0.3, 0.4) is 0 Å². The zero-order chi connectivity index (χ0) is 11.5. The number of rotatable bonds is 2. The van der Waals surface area contributed by atoms with E-state index in [1.54, 1.807) is 11.1 Å². The summed E-state index contributed by atoms with van der Waals surface area (Å²) in [7, 11) is 0. The van der Waals surface area contributed by atoms with Crippen LogP contribution in [0.1, 0.15) is 61.5 Å². The molecule has 3 rings (SSSR count). The van der Waals surface area contributed by atoms with Gasteiger partial charge in [-0.1, -0.05) is 37.1 Å². The lowest BCUT2D eigenvalue weighted by Crippen LogP contribution is -2.29. The SMILES string of the molecule is c1ccc(C2CCCNC2)c(C2CCCC2)c1. The first kappa shape index (κ1) is 11.3. The fourth-order valence-electron chi connectivity index (χ4n) is 3.61. The van der Waals surface area contributed by atoms with Gasteiger partial charge in [-0.2, -0.15) is 0 Å². The Morgan fingerprint density at radius 1 is 0.824 bits per heavy atom. The Hall–Kier alpha value is -0.820. The standard InChI is InChI=1S/C16H23N/c1-2-7-13(6-1)15-9-3-4-10-16(15)14-8-5-11-17-12-14/h3-4,9-10,13-14,17H,1-2,5-8,11-12H2. The van der Waals surface area contributed by atoms with E-state index < -0.39 is 0 Å². The molecule has 0 radical (unpaired) electrons. The van der Waals surface area contributed by atoms with Gasteiger partial charge in [0.1, 0.15) is 0 Å². The number of nitrogens with one attached hydrogen (secondary N) is 1. The third-order valence-corrected chi connectivity index (χ3v) is 4.53. The molecule has 2 aliphatic rings. The van der Waals surface area contributed by atoms with Gasteiger partial charge in [0.2, 0.25) is 0 Å². The lowest BCUT2D eigenvalue weighted by molar-refractivity contribution is 0.457. The maximum atomic E-state index is 3.55. The first-order valence-corrected chi connectivity index (χ1v) is 7.24. The van der Waals surface area contributed by atoms with Gasteiger partial charge in [0, 0.05) is 6.54 Å². The van der Waals surface area contributed by atoms with Crippen molar-refractivity contribution in [2.45, 2.75) is 50.4 Å². The first-order chi connectivity index (χ1) is 8.45. The Morgan fingerprint density at radius 2 is 1.47 bits per heavy atom. The molecule has 1 heterocycles. The number of benzene rings is 1. The van der Waals surface area contributed by atoms with Crippen LogP contribution in [0.15, 0.2) is 24.3 Å². The highest BCUT2D eigenvalue weighted by atomic mass is 14.9. The summed E-state index contributed by atoms with van der Waals surface area (Å²) in [6, 6.07) is 9.22. The summed E-state index contributed by atoms with van der Waals surface area (Å²) in [5, 5.41) is 3.55. The van der Waals surface area contributed by atoms with Gasteiger partial charge >= 0.3 is 0 Å². The third kappa shape index (κ3) is 2.40. The predicted octanol–water partition coefficient (Wildman–Crippen LogP) is 3.81. The molecule has 0 aromatic heterocycles. The van der Waals surface area contributed by atoms with Crippen LogP contribution in [-0.4, -0.2) is 13.1 Å². The van der Waals surface area contributed by atoms with Crippen LogP contribution in [0.4, 0.5) is 0 Å². The molecule has 1 heteroatoms. The van der Waals surface area contributed by atoms with Gasteiger partial charge in [0.15, 0.2) is 0 Å². The van der Waals surface area contributed by atoms with Crippen molar-refractivity contribution in [2.24, 2.45) is 0 Å². The smallest absolute Gasteiger partial charge is 0.00202 e. The summed E-state index contributed by atoms with van der Waals surface area (Å²) in [6.07, 6.45) is 8.40. The van der Waals surface area contributed by atoms with Crippen LogP contribution in [0.25, 0.3) is 0 Å². The Labute approximate surface area is 105 Å². The molecule has 0 amide bonds. The molecule has 0 spiro atoms. The third-order valence-electron chi connectivity index (χ3n) is 4.53. The zero-order valence-corrected chi connectivity index (χ0v) is 10.6. The molecule has 1 unspecified atom stereocenters. The van der Waals surface area contributed by atoms with Crippen molar-refractivity contribution in [2.75, 3.05) is 13.1 Å². The van der Waals surface area contributed by atoms with Gasteiger partial charge in [-0.15, -0.1) is 0 Å². The second-order valence-electron chi connectivity index (χ2n) is 5.65. The predicted molar refractivity (Wildman–Crippen MR) is 72.5 cm³/mol. The second kappa shape index (κ2) is 5.22. The van der Waals surface area contributed by atoms with Crippen LogP contribution < -0.4 is 5.32 Å². The van der Waals surface area contributed by atoms with E-state index in [1.807, 2.05) is 0 Å². The largest absolute Gasteiger partial charge is 0.316 e. The highest BCUT2D eigenvalue weighted by molar-refractivity contribution is 5.34. The Bertz CT molecular complexity index is 360. The number of piperidine rings is 1. The molecular formula is C16H23N. The van der Waals surface area contributed by atoms with Gasteiger partial charge in [-0.05, 0) is 55.2 Å². The van der Waals surface area contributed by atoms with Gasteiger partial charge in [0.25, 0.3) is 0 Å². The van der Waals surface area contributed by atoms with Crippen LogP contribution in [0, 0.1) is 0 Å². The molecule has 92 valence electrons. The van der Waals surface area contributed by atoms with Crippen LogP contribution in [-0.2, 0) is 0 Å². The molecule has 1 N–H and O–H groups in total. The minimum Gasteiger partial charge on any atom is -0.316 e. The zero-order valence-electron chi connectivity index (χ0n) is 10.6.